The Morgan fingerprint density at radius 1 is 1.19 bits per heavy atom. The minimum atomic E-state index is 0.150. The second-order valence-corrected chi connectivity index (χ2v) is 5.12. The Morgan fingerprint density at radius 3 is 2.62 bits per heavy atom. The lowest BCUT2D eigenvalue weighted by atomic mass is 10.3. The molecule has 0 atom stereocenters. The highest BCUT2D eigenvalue weighted by Crippen LogP contribution is 2.13. The fraction of sp³-hybridized carbons (Fsp3) is 0.583. The molecule has 2 heterocycles. The maximum atomic E-state index is 5.99. The van der Waals surface area contributed by atoms with Crippen LogP contribution < -0.4 is 4.90 Å². The zero-order valence-electron chi connectivity index (χ0n) is 12.4. The van der Waals surface area contributed by atoms with Crippen LogP contribution in [-0.2, 0) is 0 Å². The Morgan fingerprint density at radius 2 is 2.00 bits per heavy atom. The molecule has 0 aliphatic rings. The molecule has 0 radical (unpaired) electrons. The number of nitrogens with zero attached hydrogens (tertiary/aromatic N) is 8. The lowest BCUT2D eigenvalue weighted by Crippen LogP contribution is -2.29. The van der Waals surface area contributed by atoms with Gasteiger partial charge in [-0.25, -0.2) is 4.98 Å². The maximum Gasteiger partial charge on any atom is 0.258 e. The second kappa shape index (κ2) is 7.28. The molecule has 0 aliphatic carbocycles. The van der Waals surface area contributed by atoms with E-state index in [-0.39, 0.29) is 5.28 Å². The third kappa shape index (κ3) is 4.33. The summed E-state index contributed by atoms with van der Waals surface area (Å²) in [7, 11) is 4.11. The molecular formula is C12H19ClN8. The van der Waals surface area contributed by atoms with Crippen LogP contribution in [0.4, 0.5) is 5.95 Å². The van der Waals surface area contributed by atoms with Crippen molar-refractivity contribution in [3.05, 3.63) is 17.9 Å². The quantitative estimate of drug-likeness (QED) is 0.751. The van der Waals surface area contributed by atoms with Crippen molar-refractivity contribution in [2.45, 2.75) is 13.3 Å². The van der Waals surface area contributed by atoms with E-state index in [1.165, 1.54) is 17.3 Å². The maximum absolute atomic E-state index is 5.99. The molecule has 2 aromatic rings. The lowest BCUT2D eigenvalue weighted by Gasteiger charge is -2.21. The summed E-state index contributed by atoms with van der Waals surface area (Å²) in [5, 5.41) is 4.16. The van der Waals surface area contributed by atoms with Crippen LogP contribution >= 0.6 is 11.6 Å². The molecule has 0 N–H and O–H groups in total. The van der Waals surface area contributed by atoms with Gasteiger partial charge in [0, 0.05) is 13.1 Å². The molecule has 2 rings (SSSR count). The molecule has 0 bridgehead atoms. The van der Waals surface area contributed by atoms with Crippen LogP contribution in [0.15, 0.2) is 12.7 Å². The molecule has 0 aromatic carbocycles. The van der Waals surface area contributed by atoms with Crippen LogP contribution in [0.5, 0.6) is 0 Å². The SMILES string of the molecule is CCN(CCCN(C)C)c1nc(Cl)nc(-n2cncn2)n1. The van der Waals surface area contributed by atoms with Gasteiger partial charge >= 0.3 is 0 Å². The molecule has 2 aromatic heterocycles. The molecule has 0 saturated heterocycles. The molecule has 0 unspecified atom stereocenters. The number of anilines is 1. The van der Waals surface area contributed by atoms with Crippen molar-refractivity contribution in [2.24, 2.45) is 0 Å². The monoisotopic (exact) mass is 310 g/mol. The first-order valence-corrected chi connectivity index (χ1v) is 7.14. The first-order chi connectivity index (χ1) is 10.1. The zero-order valence-corrected chi connectivity index (χ0v) is 13.2. The Balaban J connectivity index is 2.17. The number of hydrogen-bond donors (Lipinski definition) is 0. The van der Waals surface area contributed by atoms with Crippen molar-refractivity contribution in [3.8, 4) is 5.95 Å². The van der Waals surface area contributed by atoms with E-state index in [4.69, 9.17) is 11.6 Å². The first-order valence-electron chi connectivity index (χ1n) is 6.76. The largest absolute Gasteiger partial charge is 0.341 e. The fourth-order valence-corrected chi connectivity index (χ4v) is 2.01. The van der Waals surface area contributed by atoms with Gasteiger partial charge in [0.25, 0.3) is 5.95 Å². The van der Waals surface area contributed by atoms with E-state index < -0.39 is 0 Å². The molecule has 0 fully saturated rings. The van der Waals surface area contributed by atoms with Gasteiger partial charge in [-0.1, -0.05) is 0 Å². The molecule has 0 spiro atoms. The standard InChI is InChI=1S/C12H19ClN8/c1-4-20(7-5-6-19(2)3)11-16-10(13)17-12(18-11)21-9-14-8-15-21/h8-9H,4-7H2,1-3H3. The molecule has 0 amide bonds. The predicted molar refractivity (Wildman–Crippen MR) is 80.8 cm³/mol. The van der Waals surface area contributed by atoms with Crippen molar-refractivity contribution in [1.82, 2.24) is 34.6 Å². The van der Waals surface area contributed by atoms with Crippen molar-refractivity contribution in [2.75, 3.05) is 38.6 Å². The van der Waals surface area contributed by atoms with Crippen molar-refractivity contribution in [1.29, 1.82) is 0 Å². The molecule has 9 heteroatoms. The number of aromatic nitrogens is 6. The third-order valence-electron chi connectivity index (χ3n) is 2.91. The van der Waals surface area contributed by atoms with Crippen LogP contribution in [0.25, 0.3) is 5.95 Å². The van der Waals surface area contributed by atoms with Gasteiger partial charge in [0.05, 0.1) is 0 Å². The van der Waals surface area contributed by atoms with Crippen LogP contribution in [0.3, 0.4) is 0 Å². The first kappa shape index (κ1) is 15.6. The minimum absolute atomic E-state index is 0.150. The van der Waals surface area contributed by atoms with E-state index in [0.717, 1.165) is 26.1 Å². The minimum Gasteiger partial charge on any atom is -0.341 e. The number of hydrogen-bond acceptors (Lipinski definition) is 7. The van der Waals surface area contributed by atoms with Gasteiger partial charge in [0.2, 0.25) is 11.2 Å². The van der Waals surface area contributed by atoms with E-state index in [1.807, 2.05) is 0 Å². The Labute approximate surface area is 128 Å². The normalized spacial score (nSPS) is 11.1. The van der Waals surface area contributed by atoms with E-state index in [0.29, 0.717) is 11.9 Å². The third-order valence-corrected chi connectivity index (χ3v) is 3.08. The highest BCUT2D eigenvalue weighted by atomic mass is 35.5. The smallest absolute Gasteiger partial charge is 0.258 e. The second-order valence-electron chi connectivity index (χ2n) is 4.78. The average Bonchev–Trinajstić information content (AvgIpc) is 2.96. The highest BCUT2D eigenvalue weighted by Gasteiger charge is 2.13. The van der Waals surface area contributed by atoms with Gasteiger partial charge in [-0.05, 0) is 45.6 Å². The zero-order chi connectivity index (χ0) is 15.2. The summed E-state index contributed by atoms with van der Waals surface area (Å²) < 4.78 is 1.46. The van der Waals surface area contributed by atoms with Crippen LogP contribution in [0.1, 0.15) is 13.3 Å². The number of rotatable bonds is 7. The Kier molecular flexibility index (Phi) is 5.40. The summed E-state index contributed by atoms with van der Waals surface area (Å²) in [4.78, 5) is 20.8. The van der Waals surface area contributed by atoms with Gasteiger partial charge in [0.15, 0.2) is 0 Å². The number of halogens is 1. The summed E-state index contributed by atoms with van der Waals surface area (Å²) in [5.41, 5.74) is 0. The van der Waals surface area contributed by atoms with E-state index in [2.05, 4.69) is 55.9 Å². The molecule has 114 valence electrons. The van der Waals surface area contributed by atoms with Gasteiger partial charge in [-0.3, -0.25) is 0 Å². The van der Waals surface area contributed by atoms with Gasteiger partial charge < -0.3 is 9.80 Å². The van der Waals surface area contributed by atoms with Gasteiger partial charge in [0.1, 0.15) is 12.7 Å². The fourth-order valence-electron chi connectivity index (χ4n) is 1.86. The van der Waals surface area contributed by atoms with E-state index in [1.54, 1.807) is 0 Å². The van der Waals surface area contributed by atoms with Gasteiger partial charge in [-0.2, -0.15) is 24.7 Å². The molecule has 21 heavy (non-hydrogen) atoms. The summed E-state index contributed by atoms with van der Waals surface area (Å²) >= 11 is 5.99. The summed E-state index contributed by atoms with van der Waals surface area (Å²) in [6, 6.07) is 0. The van der Waals surface area contributed by atoms with Crippen LogP contribution in [0.2, 0.25) is 5.28 Å². The van der Waals surface area contributed by atoms with Crippen molar-refractivity contribution >= 4 is 17.5 Å². The van der Waals surface area contributed by atoms with Gasteiger partial charge in [-0.15, -0.1) is 0 Å². The molecule has 0 aliphatic heterocycles. The summed E-state index contributed by atoms with van der Waals surface area (Å²) in [6.07, 6.45) is 3.96. The van der Waals surface area contributed by atoms with E-state index >= 15 is 0 Å². The summed E-state index contributed by atoms with van der Waals surface area (Å²) in [5.74, 6) is 0.926. The lowest BCUT2D eigenvalue weighted by molar-refractivity contribution is 0.400. The van der Waals surface area contributed by atoms with E-state index in [9.17, 15) is 0 Å². The Bertz CT molecular complexity index is 556. The average molecular weight is 311 g/mol. The Hall–Kier alpha value is -1.80. The van der Waals surface area contributed by atoms with Crippen molar-refractivity contribution < 1.29 is 0 Å². The van der Waals surface area contributed by atoms with Crippen molar-refractivity contribution in [3.63, 3.8) is 0 Å². The van der Waals surface area contributed by atoms with Crippen LogP contribution in [0, 0.1) is 0 Å². The summed E-state index contributed by atoms with van der Waals surface area (Å²) in [6.45, 7) is 4.71. The topological polar surface area (TPSA) is 75.9 Å². The molecule has 8 nitrogen and oxygen atoms in total. The molecule has 0 saturated carbocycles. The highest BCUT2D eigenvalue weighted by molar-refractivity contribution is 6.28. The molecular weight excluding hydrogens is 292 g/mol. The van der Waals surface area contributed by atoms with Crippen LogP contribution in [-0.4, -0.2) is 68.3 Å². The predicted octanol–water partition coefficient (Wildman–Crippen LogP) is 0.884.